The van der Waals surface area contributed by atoms with Gasteiger partial charge in [0.05, 0.1) is 0 Å². The van der Waals surface area contributed by atoms with Crippen molar-refractivity contribution >= 4 is 29.3 Å². The van der Waals surface area contributed by atoms with Crippen LogP contribution in [0.1, 0.15) is 18.9 Å². The summed E-state index contributed by atoms with van der Waals surface area (Å²) in [6.45, 7) is 4.71. The molecule has 5 heteroatoms. The minimum absolute atomic E-state index is 0.783. The average Bonchev–Trinajstić information content (AvgIpc) is 2.45. The highest BCUT2D eigenvalue weighted by Crippen LogP contribution is 2.09. The topological polar surface area (TPSA) is 36.4 Å². The molecule has 0 fully saturated rings. The van der Waals surface area contributed by atoms with Gasteiger partial charge in [-0.05, 0) is 49.5 Å². The minimum atomic E-state index is 0.783. The van der Waals surface area contributed by atoms with Crippen molar-refractivity contribution in [3.8, 4) is 0 Å². The highest BCUT2D eigenvalue weighted by molar-refractivity contribution is 7.98. The highest BCUT2D eigenvalue weighted by atomic mass is 35.5. The number of guanidine groups is 1. The molecule has 1 rings (SSSR count). The standard InChI is InChI=1S/C15H24ClN3S/c1-3-17-15(18-10-4-12-20-2)19-11-9-13-5-7-14(16)8-6-13/h5-8H,3-4,9-12H2,1-2H3,(H2,17,18,19). The molecule has 0 saturated carbocycles. The van der Waals surface area contributed by atoms with Gasteiger partial charge in [0.2, 0.25) is 0 Å². The molecule has 0 radical (unpaired) electrons. The van der Waals surface area contributed by atoms with Crippen molar-refractivity contribution in [2.45, 2.75) is 19.8 Å². The van der Waals surface area contributed by atoms with E-state index in [-0.39, 0.29) is 0 Å². The van der Waals surface area contributed by atoms with E-state index in [1.54, 1.807) is 0 Å². The molecule has 0 aliphatic heterocycles. The predicted molar refractivity (Wildman–Crippen MR) is 92.1 cm³/mol. The van der Waals surface area contributed by atoms with Crippen LogP contribution >= 0.6 is 23.4 Å². The lowest BCUT2D eigenvalue weighted by atomic mass is 10.1. The van der Waals surface area contributed by atoms with Gasteiger partial charge in [0.1, 0.15) is 0 Å². The lowest BCUT2D eigenvalue weighted by Crippen LogP contribution is -2.38. The van der Waals surface area contributed by atoms with Crippen molar-refractivity contribution in [1.82, 2.24) is 10.6 Å². The minimum Gasteiger partial charge on any atom is -0.357 e. The van der Waals surface area contributed by atoms with E-state index < -0.39 is 0 Å². The van der Waals surface area contributed by atoms with Crippen LogP contribution in [0.15, 0.2) is 29.3 Å². The van der Waals surface area contributed by atoms with Crippen LogP contribution in [0.4, 0.5) is 0 Å². The zero-order chi connectivity index (χ0) is 14.6. The normalized spacial score (nSPS) is 11.4. The van der Waals surface area contributed by atoms with Gasteiger partial charge < -0.3 is 10.6 Å². The summed E-state index contributed by atoms with van der Waals surface area (Å²) < 4.78 is 0. The van der Waals surface area contributed by atoms with Crippen LogP contribution in [-0.2, 0) is 6.42 Å². The van der Waals surface area contributed by atoms with Crippen LogP contribution in [0.5, 0.6) is 0 Å². The number of hydrogen-bond donors (Lipinski definition) is 2. The third-order valence-electron chi connectivity index (χ3n) is 2.74. The maximum absolute atomic E-state index is 5.87. The van der Waals surface area contributed by atoms with E-state index in [4.69, 9.17) is 11.6 Å². The number of rotatable bonds is 8. The quantitative estimate of drug-likeness (QED) is 0.439. The SMILES string of the molecule is CCNC(=NCCCSC)NCCc1ccc(Cl)cc1. The van der Waals surface area contributed by atoms with Crippen LogP contribution < -0.4 is 10.6 Å². The van der Waals surface area contributed by atoms with E-state index in [1.165, 1.54) is 5.56 Å². The second kappa shape index (κ2) is 10.9. The van der Waals surface area contributed by atoms with Gasteiger partial charge in [-0.3, -0.25) is 4.99 Å². The second-order valence-corrected chi connectivity index (χ2v) is 5.83. The maximum Gasteiger partial charge on any atom is 0.191 e. The fourth-order valence-electron chi connectivity index (χ4n) is 1.72. The van der Waals surface area contributed by atoms with Crippen molar-refractivity contribution < 1.29 is 0 Å². The summed E-state index contributed by atoms with van der Waals surface area (Å²) in [4.78, 5) is 4.56. The van der Waals surface area contributed by atoms with Crippen LogP contribution in [0.3, 0.4) is 0 Å². The van der Waals surface area contributed by atoms with Crippen LogP contribution in [0, 0.1) is 0 Å². The molecule has 0 heterocycles. The van der Waals surface area contributed by atoms with E-state index in [0.717, 1.165) is 49.2 Å². The Kier molecular flexibility index (Phi) is 9.33. The number of thioether (sulfide) groups is 1. The molecule has 0 aromatic heterocycles. The van der Waals surface area contributed by atoms with Gasteiger partial charge in [0.25, 0.3) is 0 Å². The van der Waals surface area contributed by atoms with Crippen LogP contribution in [-0.4, -0.2) is 37.6 Å². The number of nitrogens with one attached hydrogen (secondary N) is 2. The Hall–Kier alpha value is -0.870. The van der Waals surface area contributed by atoms with E-state index in [2.05, 4.69) is 40.9 Å². The number of hydrogen-bond acceptors (Lipinski definition) is 2. The maximum atomic E-state index is 5.87. The molecule has 1 aromatic rings. The predicted octanol–water partition coefficient (Wildman–Crippen LogP) is 3.19. The molecule has 0 aliphatic carbocycles. The lowest BCUT2D eigenvalue weighted by molar-refractivity contribution is 0.794. The Morgan fingerprint density at radius 3 is 2.65 bits per heavy atom. The lowest BCUT2D eigenvalue weighted by Gasteiger charge is -2.11. The largest absolute Gasteiger partial charge is 0.357 e. The van der Waals surface area contributed by atoms with E-state index in [9.17, 15) is 0 Å². The molecule has 1 aromatic carbocycles. The molecule has 0 unspecified atom stereocenters. The van der Waals surface area contributed by atoms with E-state index in [0.29, 0.717) is 0 Å². The average molecular weight is 314 g/mol. The summed E-state index contributed by atoms with van der Waals surface area (Å²) in [6.07, 6.45) is 4.21. The number of nitrogens with zero attached hydrogens (tertiary/aromatic N) is 1. The van der Waals surface area contributed by atoms with Crippen LogP contribution in [0.2, 0.25) is 5.02 Å². The third kappa shape index (κ3) is 7.65. The van der Waals surface area contributed by atoms with Crippen molar-refractivity contribution in [3.05, 3.63) is 34.9 Å². The van der Waals surface area contributed by atoms with Gasteiger partial charge in [-0.25, -0.2) is 0 Å². The Morgan fingerprint density at radius 1 is 1.25 bits per heavy atom. The monoisotopic (exact) mass is 313 g/mol. The molecule has 0 aliphatic rings. The van der Waals surface area contributed by atoms with Gasteiger partial charge in [-0.2, -0.15) is 11.8 Å². The smallest absolute Gasteiger partial charge is 0.191 e. The molecule has 0 bridgehead atoms. The molecule has 2 N–H and O–H groups in total. The Balaban J connectivity index is 2.32. The molecular weight excluding hydrogens is 290 g/mol. The van der Waals surface area contributed by atoms with Gasteiger partial charge in [0.15, 0.2) is 5.96 Å². The summed E-state index contributed by atoms with van der Waals surface area (Å²) in [5, 5.41) is 7.41. The summed E-state index contributed by atoms with van der Waals surface area (Å²) in [5.74, 6) is 2.07. The molecule has 0 spiro atoms. The molecule has 0 amide bonds. The van der Waals surface area contributed by atoms with E-state index >= 15 is 0 Å². The fourth-order valence-corrected chi connectivity index (χ4v) is 2.26. The zero-order valence-corrected chi connectivity index (χ0v) is 13.9. The Labute approximate surface area is 131 Å². The summed E-state index contributed by atoms with van der Waals surface area (Å²) >= 11 is 7.74. The second-order valence-electron chi connectivity index (χ2n) is 4.41. The zero-order valence-electron chi connectivity index (χ0n) is 12.3. The number of aliphatic imine (C=N–C) groups is 1. The highest BCUT2D eigenvalue weighted by Gasteiger charge is 1.98. The van der Waals surface area contributed by atoms with Crippen molar-refractivity contribution in [2.75, 3.05) is 31.6 Å². The first-order chi connectivity index (χ1) is 9.76. The van der Waals surface area contributed by atoms with Crippen molar-refractivity contribution in [2.24, 2.45) is 4.99 Å². The first kappa shape index (κ1) is 17.2. The van der Waals surface area contributed by atoms with Gasteiger partial charge >= 0.3 is 0 Å². The summed E-state index contributed by atoms with van der Waals surface area (Å²) in [7, 11) is 0. The Morgan fingerprint density at radius 2 is 2.00 bits per heavy atom. The van der Waals surface area contributed by atoms with Gasteiger partial charge in [0, 0.05) is 24.7 Å². The molecule has 112 valence electrons. The molecule has 20 heavy (non-hydrogen) atoms. The molecule has 0 saturated heterocycles. The third-order valence-corrected chi connectivity index (χ3v) is 3.69. The van der Waals surface area contributed by atoms with Crippen molar-refractivity contribution in [1.29, 1.82) is 0 Å². The first-order valence-corrected chi connectivity index (χ1v) is 8.79. The number of halogens is 1. The van der Waals surface area contributed by atoms with Gasteiger partial charge in [-0.1, -0.05) is 23.7 Å². The molecule has 3 nitrogen and oxygen atoms in total. The molecular formula is C15H24ClN3S. The Bertz CT molecular complexity index is 393. The number of benzene rings is 1. The van der Waals surface area contributed by atoms with E-state index in [1.807, 2.05) is 23.9 Å². The molecule has 0 atom stereocenters. The van der Waals surface area contributed by atoms with Crippen LogP contribution in [0.25, 0.3) is 0 Å². The summed E-state index contributed by atoms with van der Waals surface area (Å²) in [5.41, 5.74) is 1.28. The summed E-state index contributed by atoms with van der Waals surface area (Å²) in [6, 6.07) is 7.98. The van der Waals surface area contributed by atoms with Crippen molar-refractivity contribution in [3.63, 3.8) is 0 Å². The fraction of sp³-hybridized carbons (Fsp3) is 0.533. The van der Waals surface area contributed by atoms with Gasteiger partial charge in [-0.15, -0.1) is 0 Å². The first-order valence-electron chi connectivity index (χ1n) is 7.01.